The lowest BCUT2D eigenvalue weighted by Gasteiger charge is -2.18. The third-order valence-corrected chi connectivity index (χ3v) is 3.29. The minimum absolute atomic E-state index is 0.201. The van der Waals surface area contributed by atoms with Crippen LogP contribution in [0.1, 0.15) is 13.8 Å². The van der Waals surface area contributed by atoms with E-state index in [0.29, 0.717) is 5.76 Å². The minimum atomic E-state index is -1.10. The second kappa shape index (κ2) is 6.22. The molecular formula is C14H19NO4. The van der Waals surface area contributed by atoms with Gasteiger partial charge in [0.25, 0.3) is 0 Å². The molecule has 0 unspecified atom stereocenters. The second-order valence-electron chi connectivity index (χ2n) is 4.53. The Morgan fingerprint density at radius 3 is 2.58 bits per heavy atom. The van der Waals surface area contributed by atoms with Gasteiger partial charge in [0, 0.05) is 12.0 Å². The Bertz CT molecular complexity index is 450. The van der Waals surface area contributed by atoms with Crippen molar-refractivity contribution >= 4 is 11.9 Å². The number of methoxy groups -OCH3 is 1. The van der Waals surface area contributed by atoms with E-state index in [2.05, 4.69) is 11.9 Å². The number of aliphatic carboxylic acids is 1. The molecule has 0 aromatic heterocycles. The number of ether oxygens (including phenoxy) is 1. The van der Waals surface area contributed by atoms with Gasteiger partial charge in [-0.05, 0) is 26.0 Å². The van der Waals surface area contributed by atoms with E-state index in [-0.39, 0.29) is 12.0 Å². The van der Waals surface area contributed by atoms with Crippen LogP contribution in [-0.4, -0.2) is 30.1 Å². The Hall–Kier alpha value is -2.04. The van der Waals surface area contributed by atoms with Crippen LogP contribution in [0.3, 0.4) is 0 Å². The highest BCUT2D eigenvalue weighted by molar-refractivity contribution is 5.99. The van der Waals surface area contributed by atoms with Gasteiger partial charge in [-0.25, -0.2) is 0 Å². The van der Waals surface area contributed by atoms with Crippen molar-refractivity contribution in [2.75, 3.05) is 7.11 Å². The number of amides is 1. The summed E-state index contributed by atoms with van der Waals surface area (Å²) in [4.78, 5) is 22.8. The monoisotopic (exact) mass is 265 g/mol. The van der Waals surface area contributed by atoms with E-state index in [1.54, 1.807) is 25.2 Å². The summed E-state index contributed by atoms with van der Waals surface area (Å²) < 4.78 is 5.03. The van der Waals surface area contributed by atoms with Crippen molar-refractivity contribution in [1.82, 2.24) is 5.32 Å². The normalized spacial score (nSPS) is 27.9. The highest BCUT2D eigenvalue weighted by Crippen LogP contribution is 2.30. The summed E-state index contributed by atoms with van der Waals surface area (Å²) in [6, 6.07) is -0.201. The van der Waals surface area contributed by atoms with Gasteiger partial charge in [-0.2, -0.15) is 0 Å². The Morgan fingerprint density at radius 1 is 1.47 bits per heavy atom. The molecule has 1 amide bonds. The third kappa shape index (κ3) is 3.24. The predicted octanol–water partition coefficient (Wildman–Crippen LogP) is 1.48. The first-order valence-corrected chi connectivity index (χ1v) is 6.00. The Balaban J connectivity index is 3.02. The van der Waals surface area contributed by atoms with Crippen molar-refractivity contribution in [2.24, 2.45) is 11.8 Å². The van der Waals surface area contributed by atoms with Crippen LogP contribution in [0.2, 0.25) is 0 Å². The van der Waals surface area contributed by atoms with Crippen molar-refractivity contribution in [2.45, 2.75) is 19.9 Å². The maximum absolute atomic E-state index is 11.6. The fourth-order valence-electron chi connectivity index (χ4n) is 2.32. The van der Waals surface area contributed by atoms with Gasteiger partial charge in [0.15, 0.2) is 0 Å². The van der Waals surface area contributed by atoms with E-state index in [9.17, 15) is 9.59 Å². The molecule has 1 saturated heterocycles. The first-order valence-electron chi connectivity index (χ1n) is 6.00. The zero-order valence-corrected chi connectivity index (χ0v) is 11.3. The molecule has 5 nitrogen and oxygen atoms in total. The quantitative estimate of drug-likeness (QED) is 0.448. The van der Waals surface area contributed by atoms with Gasteiger partial charge in [0.05, 0.1) is 7.11 Å². The van der Waals surface area contributed by atoms with Crippen molar-refractivity contribution in [3.63, 3.8) is 0 Å². The zero-order chi connectivity index (χ0) is 14.6. The number of hydrogen-bond acceptors (Lipinski definition) is 3. The summed E-state index contributed by atoms with van der Waals surface area (Å²) in [5.41, 5.74) is 0.814. The van der Waals surface area contributed by atoms with Crippen LogP contribution in [0.4, 0.5) is 0 Å². The maximum atomic E-state index is 11.6. The van der Waals surface area contributed by atoms with Gasteiger partial charge in [-0.1, -0.05) is 18.2 Å². The van der Waals surface area contributed by atoms with E-state index in [0.717, 1.165) is 5.57 Å². The molecule has 0 radical (unpaired) electrons. The van der Waals surface area contributed by atoms with Crippen molar-refractivity contribution < 1.29 is 19.4 Å². The smallest absolute Gasteiger partial charge is 0.316 e. The molecule has 1 aliphatic heterocycles. The lowest BCUT2D eigenvalue weighted by molar-refractivity contribution is -0.146. The van der Waals surface area contributed by atoms with E-state index >= 15 is 0 Å². The largest absolute Gasteiger partial charge is 0.497 e. The number of nitrogens with one attached hydrogen (secondary N) is 1. The summed E-state index contributed by atoms with van der Waals surface area (Å²) in [7, 11) is 1.53. The van der Waals surface area contributed by atoms with Crippen LogP contribution in [0.25, 0.3) is 0 Å². The van der Waals surface area contributed by atoms with Crippen LogP contribution >= 0.6 is 0 Å². The molecule has 3 atom stereocenters. The van der Waals surface area contributed by atoms with E-state index < -0.39 is 17.8 Å². The number of carbonyl (C=O) groups excluding carboxylic acids is 1. The highest BCUT2D eigenvalue weighted by Gasteiger charge is 2.45. The Kier molecular flexibility index (Phi) is 4.92. The first kappa shape index (κ1) is 15.0. The molecule has 0 aromatic carbocycles. The number of hydrogen-bond donors (Lipinski definition) is 2. The van der Waals surface area contributed by atoms with E-state index in [4.69, 9.17) is 9.84 Å². The van der Waals surface area contributed by atoms with Crippen molar-refractivity contribution in [3.05, 3.63) is 36.1 Å². The average Bonchev–Trinajstić information content (AvgIpc) is 2.65. The minimum Gasteiger partial charge on any atom is -0.497 e. The Labute approximate surface area is 112 Å². The number of carboxylic acids is 1. The van der Waals surface area contributed by atoms with Crippen LogP contribution in [0, 0.1) is 11.8 Å². The molecule has 104 valence electrons. The fourth-order valence-corrected chi connectivity index (χ4v) is 2.32. The van der Waals surface area contributed by atoms with Gasteiger partial charge in [0.2, 0.25) is 5.91 Å². The SMILES string of the molecule is C=C/C(=C\C=C(/C)[C@H]1[C@H](C(=O)O)C(=O)N[C@H]1C)OC. The Morgan fingerprint density at radius 2 is 2.11 bits per heavy atom. The van der Waals surface area contributed by atoms with Gasteiger partial charge in [-0.3, -0.25) is 9.59 Å². The lowest BCUT2D eigenvalue weighted by atomic mass is 9.84. The molecule has 1 heterocycles. The molecule has 0 saturated carbocycles. The van der Waals surface area contributed by atoms with E-state index in [1.807, 2.05) is 6.92 Å². The van der Waals surface area contributed by atoms with Crippen LogP contribution in [0.5, 0.6) is 0 Å². The summed E-state index contributed by atoms with van der Waals surface area (Å²) in [6.45, 7) is 7.21. The topological polar surface area (TPSA) is 75.6 Å². The van der Waals surface area contributed by atoms with Crippen LogP contribution in [-0.2, 0) is 14.3 Å². The van der Waals surface area contributed by atoms with Crippen LogP contribution < -0.4 is 5.32 Å². The number of rotatable bonds is 5. The zero-order valence-electron chi connectivity index (χ0n) is 11.3. The molecule has 1 aliphatic rings. The second-order valence-corrected chi connectivity index (χ2v) is 4.53. The summed E-state index contributed by atoms with van der Waals surface area (Å²) >= 11 is 0. The molecule has 19 heavy (non-hydrogen) atoms. The molecular weight excluding hydrogens is 246 g/mol. The molecule has 0 aliphatic carbocycles. The van der Waals surface area contributed by atoms with Gasteiger partial charge in [0.1, 0.15) is 11.7 Å². The summed E-state index contributed by atoms with van der Waals surface area (Å²) in [6.07, 6.45) is 5.02. The average molecular weight is 265 g/mol. The van der Waals surface area contributed by atoms with Crippen LogP contribution in [0.15, 0.2) is 36.1 Å². The van der Waals surface area contributed by atoms with Gasteiger partial charge >= 0.3 is 5.97 Å². The number of allylic oxidation sites excluding steroid dienone is 3. The fraction of sp³-hybridized carbons (Fsp3) is 0.429. The summed E-state index contributed by atoms with van der Waals surface area (Å²) in [5, 5.41) is 11.8. The van der Waals surface area contributed by atoms with Crippen molar-refractivity contribution in [3.8, 4) is 0 Å². The first-order chi connectivity index (χ1) is 8.92. The molecule has 0 bridgehead atoms. The molecule has 0 aromatic rings. The molecule has 0 spiro atoms. The highest BCUT2D eigenvalue weighted by atomic mass is 16.5. The maximum Gasteiger partial charge on any atom is 0.316 e. The summed E-state index contributed by atoms with van der Waals surface area (Å²) in [5.74, 6) is -2.34. The number of carbonyl (C=O) groups is 2. The predicted molar refractivity (Wildman–Crippen MR) is 71.3 cm³/mol. The van der Waals surface area contributed by atoms with Gasteiger partial charge in [-0.15, -0.1) is 0 Å². The lowest BCUT2D eigenvalue weighted by Crippen LogP contribution is -2.27. The number of carboxylic acid groups (broad SMARTS) is 1. The molecule has 1 fully saturated rings. The van der Waals surface area contributed by atoms with Crippen molar-refractivity contribution in [1.29, 1.82) is 0 Å². The standard InChI is InChI=1S/C14H19NO4/c1-5-10(19-4)7-6-8(2)11-9(3)15-13(16)12(11)14(17)18/h5-7,9,11-12H,1H2,2-4H3,(H,15,16)(H,17,18)/b8-6+,10-7+/t9-,11+,12-/m0/s1. The molecule has 5 heteroatoms. The molecule has 2 N–H and O–H groups in total. The third-order valence-electron chi connectivity index (χ3n) is 3.29. The van der Waals surface area contributed by atoms with Gasteiger partial charge < -0.3 is 15.2 Å². The molecule has 1 rings (SSSR count). The van der Waals surface area contributed by atoms with E-state index in [1.165, 1.54) is 7.11 Å².